The molecule has 0 saturated heterocycles. The number of nitrogens with one attached hydrogen (secondary N) is 2. The van der Waals surface area contributed by atoms with Gasteiger partial charge in [-0.1, -0.05) is 11.6 Å². The van der Waals surface area contributed by atoms with Gasteiger partial charge in [-0.05, 0) is 32.9 Å². The molecule has 1 aromatic rings. The van der Waals surface area contributed by atoms with Crippen LogP contribution < -0.4 is 20.9 Å². The van der Waals surface area contributed by atoms with E-state index in [1.165, 1.54) is 0 Å². The second kappa shape index (κ2) is 8.61. The molecule has 0 unspecified atom stereocenters. The van der Waals surface area contributed by atoms with Crippen molar-refractivity contribution in [2.45, 2.75) is 42.6 Å². The third-order valence-corrected chi connectivity index (χ3v) is 5.27. The van der Waals surface area contributed by atoms with Crippen LogP contribution in [0.1, 0.15) is 27.2 Å². The minimum Gasteiger partial charge on any atom is -0.444 e. The van der Waals surface area contributed by atoms with Crippen LogP contribution in [0.15, 0.2) is 21.9 Å². The molecule has 0 aliphatic rings. The third-order valence-electron chi connectivity index (χ3n) is 2.94. The summed E-state index contributed by atoms with van der Waals surface area (Å²) in [7, 11) is -8.74. The topological polar surface area (TPSA) is 188 Å². The van der Waals surface area contributed by atoms with Crippen molar-refractivity contribution in [3.05, 3.63) is 17.2 Å². The van der Waals surface area contributed by atoms with Gasteiger partial charge in [0.1, 0.15) is 15.4 Å². The molecular weight excluding hydrogens is 436 g/mol. The van der Waals surface area contributed by atoms with E-state index < -0.39 is 52.5 Å². The van der Waals surface area contributed by atoms with E-state index >= 15 is 0 Å². The summed E-state index contributed by atoms with van der Waals surface area (Å²) >= 11 is 5.81. The summed E-state index contributed by atoms with van der Waals surface area (Å²) < 4.78 is 51.4. The maximum absolute atomic E-state index is 12.0. The Bertz CT molecular complexity index is 986. The van der Waals surface area contributed by atoms with E-state index in [2.05, 4.69) is 10.6 Å². The minimum absolute atomic E-state index is 0.103. The van der Waals surface area contributed by atoms with Crippen molar-refractivity contribution >= 4 is 49.3 Å². The van der Waals surface area contributed by atoms with Crippen LogP contribution in [0.25, 0.3) is 0 Å². The molecule has 2 amide bonds. The molecule has 6 N–H and O–H groups in total. The van der Waals surface area contributed by atoms with E-state index in [0.29, 0.717) is 6.07 Å². The van der Waals surface area contributed by atoms with Crippen LogP contribution in [0.3, 0.4) is 0 Å². The Labute approximate surface area is 167 Å². The molecule has 0 aliphatic heterocycles. The molecule has 0 radical (unpaired) electrons. The van der Waals surface area contributed by atoms with E-state index in [1.54, 1.807) is 20.8 Å². The molecule has 1 rings (SSSR count). The van der Waals surface area contributed by atoms with Gasteiger partial charge in [-0.25, -0.2) is 31.9 Å². The monoisotopic (exact) mass is 456 g/mol. The molecular formula is C14H21ClN4O7S2. The summed E-state index contributed by atoms with van der Waals surface area (Å²) in [5.41, 5.74) is -1.04. The van der Waals surface area contributed by atoms with Gasteiger partial charge >= 0.3 is 6.09 Å². The Morgan fingerprint density at radius 3 is 2.07 bits per heavy atom. The first kappa shape index (κ1) is 24.1. The molecule has 0 spiro atoms. The molecule has 11 nitrogen and oxygen atoms in total. The Morgan fingerprint density at radius 1 is 1.07 bits per heavy atom. The van der Waals surface area contributed by atoms with Gasteiger partial charge in [-0.2, -0.15) is 0 Å². The number of sulfonamides is 2. The van der Waals surface area contributed by atoms with Gasteiger partial charge in [0, 0.05) is 13.0 Å². The number of anilines is 1. The number of carbonyl (C=O) groups excluding carboxylic acids is 2. The number of primary sulfonamides is 2. The van der Waals surface area contributed by atoms with Gasteiger partial charge in [0.05, 0.1) is 10.7 Å². The largest absolute Gasteiger partial charge is 0.444 e. The molecule has 0 aliphatic carbocycles. The van der Waals surface area contributed by atoms with Gasteiger partial charge in [0.2, 0.25) is 26.0 Å². The Balaban J connectivity index is 2.95. The van der Waals surface area contributed by atoms with Crippen LogP contribution in [0.4, 0.5) is 10.5 Å². The second-order valence-electron chi connectivity index (χ2n) is 6.60. The fourth-order valence-electron chi connectivity index (χ4n) is 1.89. The van der Waals surface area contributed by atoms with Crippen LogP contribution in [0.2, 0.25) is 5.02 Å². The highest BCUT2D eigenvalue weighted by Crippen LogP contribution is 2.30. The normalized spacial score (nSPS) is 12.4. The van der Waals surface area contributed by atoms with Gasteiger partial charge in [-0.15, -0.1) is 0 Å². The highest BCUT2D eigenvalue weighted by Gasteiger charge is 2.23. The van der Waals surface area contributed by atoms with Gasteiger partial charge in [0.15, 0.2) is 0 Å². The molecule has 0 atom stereocenters. The fraction of sp³-hybridized carbons (Fsp3) is 0.429. The molecule has 1 aromatic carbocycles. The van der Waals surface area contributed by atoms with Gasteiger partial charge < -0.3 is 15.4 Å². The summed E-state index contributed by atoms with van der Waals surface area (Å²) in [6, 6.07) is 1.56. The average molecular weight is 457 g/mol. The summed E-state index contributed by atoms with van der Waals surface area (Å²) in [5, 5.41) is 14.2. The lowest BCUT2D eigenvalue weighted by molar-refractivity contribution is -0.116. The molecule has 158 valence electrons. The standard InChI is InChI=1S/C14H21ClN4O7S2/c1-14(2,3)26-13(21)18-5-4-12(20)19-9-6-8(15)10(27(16,22)23)7-11(9)28(17,24)25/h6-7H,4-5H2,1-3H3,(H,18,21)(H,19,20)(H2,16,22,23)(H2,17,24,25). The number of rotatable bonds is 6. The first-order valence-electron chi connectivity index (χ1n) is 7.66. The number of hydrogen-bond acceptors (Lipinski definition) is 7. The highest BCUT2D eigenvalue weighted by atomic mass is 35.5. The lowest BCUT2D eigenvalue weighted by Gasteiger charge is -2.19. The number of ether oxygens (including phenoxy) is 1. The zero-order valence-electron chi connectivity index (χ0n) is 15.3. The predicted molar refractivity (Wildman–Crippen MR) is 102 cm³/mol. The van der Waals surface area contributed by atoms with Crippen LogP contribution in [0, 0.1) is 0 Å². The quantitative estimate of drug-likeness (QED) is 0.478. The molecule has 0 heterocycles. The van der Waals surface area contributed by atoms with Crippen LogP contribution in [-0.2, 0) is 29.6 Å². The summed E-state index contributed by atoms with van der Waals surface area (Å²) in [6.07, 6.45) is -0.969. The zero-order valence-corrected chi connectivity index (χ0v) is 17.7. The lowest BCUT2D eigenvalue weighted by atomic mass is 10.2. The van der Waals surface area contributed by atoms with Gasteiger partial charge in [-0.3, -0.25) is 4.79 Å². The Hall–Kier alpha value is -1.93. The number of amides is 2. The fourth-order valence-corrected chi connectivity index (χ4v) is 3.76. The van der Waals surface area contributed by atoms with Gasteiger partial charge in [0.25, 0.3) is 0 Å². The smallest absolute Gasteiger partial charge is 0.407 e. The molecule has 0 bridgehead atoms. The lowest BCUT2D eigenvalue weighted by Crippen LogP contribution is -2.34. The molecule has 14 heteroatoms. The van der Waals surface area contributed by atoms with Crippen molar-refractivity contribution in [3.63, 3.8) is 0 Å². The van der Waals surface area contributed by atoms with E-state index in [-0.39, 0.29) is 18.7 Å². The molecule has 28 heavy (non-hydrogen) atoms. The van der Waals surface area contributed by atoms with E-state index in [9.17, 15) is 26.4 Å². The summed E-state index contributed by atoms with van der Waals surface area (Å²) in [5.74, 6) is -0.694. The summed E-state index contributed by atoms with van der Waals surface area (Å²) in [4.78, 5) is 22.2. The van der Waals surface area contributed by atoms with E-state index in [1.807, 2.05) is 0 Å². The highest BCUT2D eigenvalue weighted by molar-refractivity contribution is 7.90. The Kier molecular flexibility index (Phi) is 7.41. The Morgan fingerprint density at radius 2 is 1.61 bits per heavy atom. The first-order valence-corrected chi connectivity index (χ1v) is 11.1. The predicted octanol–water partition coefficient (Wildman–Crippen LogP) is 0.488. The van der Waals surface area contributed by atoms with E-state index in [0.717, 1.165) is 6.07 Å². The number of hydrogen-bond donors (Lipinski definition) is 4. The third kappa shape index (κ3) is 7.59. The first-order chi connectivity index (χ1) is 12.5. The summed E-state index contributed by atoms with van der Waals surface area (Å²) in [6.45, 7) is 4.91. The average Bonchev–Trinajstić information content (AvgIpc) is 2.42. The maximum atomic E-state index is 12.0. The number of alkyl carbamates (subject to hydrolysis) is 1. The van der Waals surface area contributed by atoms with Crippen molar-refractivity contribution in [1.82, 2.24) is 5.32 Å². The minimum atomic E-state index is -4.42. The van der Waals surface area contributed by atoms with Crippen LogP contribution in [0.5, 0.6) is 0 Å². The number of benzene rings is 1. The van der Waals surface area contributed by atoms with Crippen molar-refractivity contribution in [3.8, 4) is 0 Å². The zero-order chi connectivity index (χ0) is 21.9. The second-order valence-corrected chi connectivity index (χ2v) is 10.1. The maximum Gasteiger partial charge on any atom is 0.407 e. The number of halogens is 1. The van der Waals surface area contributed by atoms with Crippen molar-refractivity contribution in [2.24, 2.45) is 10.3 Å². The van der Waals surface area contributed by atoms with Crippen molar-refractivity contribution < 1.29 is 31.2 Å². The van der Waals surface area contributed by atoms with Crippen molar-refractivity contribution in [1.29, 1.82) is 0 Å². The molecule has 0 aromatic heterocycles. The molecule has 0 saturated carbocycles. The molecule has 0 fully saturated rings. The SMILES string of the molecule is CC(C)(C)OC(=O)NCCC(=O)Nc1cc(Cl)c(S(N)(=O)=O)cc1S(N)(=O)=O. The van der Waals surface area contributed by atoms with Crippen molar-refractivity contribution in [2.75, 3.05) is 11.9 Å². The number of nitrogens with two attached hydrogens (primary N) is 2. The van der Waals surface area contributed by atoms with E-state index in [4.69, 9.17) is 26.6 Å². The van der Waals surface area contributed by atoms with Crippen LogP contribution >= 0.6 is 11.6 Å². The number of carbonyl (C=O) groups is 2. The van der Waals surface area contributed by atoms with Crippen LogP contribution in [-0.4, -0.2) is 41.0 Å².